The number of aromatic nitrogens is 1. The summed E-state index contributed by atoms with van der Waals surface area (Å²) in [6, 6.07) is 9.88. The fourth-order valence-corrected chi connectivity index (χ4v) is 2.23. The molecule has 0 spiro atoms. The third kappa shape index (κ3) is 4.29. The first-order valence-electron chi connectivity index (χ1n) is 6.72. The van der Waals surface area contributed by atoms with Crippen molar-refractivity contribution in [1.82, 2.24) is 4.98 Å². The van der Waals surface area contributed by atoms with Gasteiger partial charge in [0.2, 0.25) is 5.91 Å². The molecule has 2 aromatic rings. The smallest absolute Gasteiger partial charge is 0.221 e. The highest BCUT2D eigenvalue weighted by Gasteiger charge is 2.08. The van der Waals surface area contributed by atoms with E-state index in [-0.39, 0.29) is 11.9 Å². The van der Waals surface area contributed by atoms with Crippen LogP contribution in [0.15, 0.2) is 41.0 Å². The van der Waals surface area contributed by atoms with E-state index in [1.807, 2.05) is 37.3 Å². The topological polar surface area (TPSA) is 54.0 Å². The monoisotopic (exact) mass is 347 g/mol. The summed E-state index contributed by atoms with van der Waals surface area (Å²) in [5.41, 5.74) is 3.02. The van der Waals surface area contributed by atoms with Crippen LogP contribution in [0.4, 0.5) is 11.5 Å². The number of nitrogens with one attached hydrogen (secondary N) is 2. The van der Waals surface area contributed by atoms with Crippen LogP contribution < -0.4 is 10.6 Å². The summed E-state index contributed by atoms with van der Waals surface area (Å²) >= 11 is 3.44. The molecule has 1 atom stereocenters. The SMILES string of the molecule is CC(=O)Nc1cccc(C(C)Nc2cc(C)c(Br)cn2)c1. The van der Waals surface area contributed by atoms with Gasteiger partial charge in [0.1, 0.15) is 5.82 Å². The van der Waals surface area contributed by atoms with E-state index in [1.165, 1.54) is 6.92 Å². The first-order valence-corrected chi connectivity index (χ1v) is 7.51. The second kappa shape index (κ2) is 6.72. The molecular weight excluding hydrogens is 330 g/mol. The van der Waals surface area contributed by atoms with Crippen molar-refractivity contribution in [3.63, 3.8) is 0 Å². The molecule has 1 heterocycles. The van der Waals surface area contributed by atoms with Gasteiger partial charge in [-0.25, -0.2) is 4.98 Å². The molecule has 0 bridgehead atoms. The van der Waals surface area contributed by atoms with Crippen molar-refractivity contribution in [2.45, 2.75) is 26.8 Å². The molecule has 1 aromatic heterocycles. The lowest BCUT2D eigenvalue weighted by Gasteiger charge is -2.16. The summed E-state index contributed by atoms with van der Waals surface area (Å²) in [6.07, 6.45) is 1.79. The lowest BCUT2D eigenvalue weighted by Crippen LogP contribution is -2.10. The lowest BCUT2D eigenvalue weighted by atomic mass is 10.1. The first kappa shape index (κ1) is 15.5. The predicted molar refractivity (Wildman–Crippen MR) is 89.5 cm³/mol. The number of carbonyl (C=O) groups excluding carboxylic acids is 1. The maximum Gasteiger partial charge on any atom is 0.221 e. The fourth-order valence-electron chi connectivity index (χ4n) is 2.01. The van der Waals surface area contributed by atoms with Gasteiger partial charge < -0.3 is 10.6 Å². The molecule has 0 aliphatic carbocycles. The van der Waals surface area contributed by atoms with Crippen molar-refractivity contribution in [2.24, 2.45) is 0 Å². The van der Waals surface area contributed by atoms with E-state index in [0.717, 1.165) is 27.1 Å². The van der Waals surface area contributed by atoms with E-state index in [1.54, 1.807) is 6.20 Å². The van der Waals surface area contributed by atoms with E-state index >= 15 is 0 Å². The van der Waals surface area contributed by atoms with E-state index < -0.39 is 0 Å². The van der Waals surface area contributed by atoms with Gasteiger partial charge in [0.15, 0.2) is 0 Å². The van der Waals surface area contributed by atoms with Crippen molar-refractivity contribution in [3.8, 4) is 0 Å². The third-order valence-corrected chi connectivity index (χ3v) is 3.95. The minimum atomic E-state index is -0.0713. The minimum Gasteiger partial charge on any atom is -0.364 e. The van der Waals surface area contributed by atoms with E-state index in [0.29, 0.717) is 0 Å². The molecule has 0 fully saturated rings. The third-order valence-electron chi connectivity index (χ3n) is 3.12. The number of benzene rings is 1. The van der Waals surface area contributed by atoms with Crippen LogP contribution in [0.3, 0.4) is 0 Å². The van der Waals surface area contributed by atoms with Gasteiger partial charge in [-0.2, -0.15) is 0 Å². The van der Waals surface area contributed by atoms with Gasteiger partial charge in [-0.1, -0.05) is 12.1 Å². The molecule has 0 radical (unpaired) electrons. The molecular formula is C16H18BrN3O. The second-order valence-corrected chi connectivity index (χ2v) is 5.85. The lowest BCUT2D eigenvalue weighted by molar-refractivity contribution is -0.114. The van der Waals surface area contributed by atoms with Crippen LogP contribution in [0, 0.1) is 6.92 Å². The fraction of sp³-hybridized carbons (Fsp3) is 0.250. The van der Waals surface area contributed by atoms with Gasteiger partial charge in [0.05, 0.1) is 6.04 Å². The molecule has 1 amide bonds. The van der Waals surface area contributed by atoms with E-state index in [9.17, 15) is 4.79 Å². The molecule has 2 rings (SSSR count). The van der Waals surface area contributed by atoms with Gasteiger partial charge in [-0.3, -0.25) is 4.79 Å². The van der Waals surface area contributed by atoms with Gasteiger partial charge in [0, 0.05) is 23.3 Å². The average Bonchev–Trinajstić information content (AvgIpc) is 2.42. The molecule has 0 saturated heterocycles. The average molecular weight is 348 g/mol. The summed E-state index contributed by atoms with van der Waals surface area (Å²) in [7, 11) is 0. The Balaban J connectivity index is 2.14. The highest BCUT2D eigenvalue weighted by Crippen LogP contribution is 2.23. The summed E-state index contributed by atoms with van der Waals surface area (Å²) in [4.78, 5) is 15.5. The summed E-state index contributed by atoms with van der Waals surface area (Å²) in [6.45, 7) is 5.59. The number of aryl methyl sites for hydroxylation is 1. The number of anilines is 2. The number of rotatable bonds is 4. The molecule has 4 nitrogen and oxygen atoms in total. The summed E-state index contributed by atoms with van der Waals surface area (Å²) < 4.78 is 0.994. The maximum atomic E-state index is 11.1. The van der Waals surface area contributed by atoms with Gasteiger partial charge in [-0.15, -0.1) is 0 Å². The number of pyridine rings is 1. The molecule has 21 heavy (non-hydrogen) atoms. The number of hydrogen-bond donors (Lipinski definition) is 2. The number of halogens is 1. The predicted octanol–water partition coefficient (Wildman–Crippen LogP) is 4.28. The van der Waals surface area contributed by atoms with Crippen molar-refractivity contribution >= 4 is 33.3 Å². The zero-order chi connectivity index (χ0) is 15.4. The van der Waals surface area contributed by atoms with Crippen molar-refractivity contribution in [3.05, 3.63) is 52.1 Å². The molecule has 0 saturated carbocycles. The number of hydrogen-bond acceptors (Lipinski definition) is 3. The van der Waals surface area contributed by atoms with Gasteiger partial charge >= 0.3 is 0 Å². The highest BCUT2D eigenvalue weighted by molar-refractivity contribution is 9.10. The first-order chi connectivity index (χ1) is 9.95. The molecule has 110 valence electrons. The summed E-state index contributed by atoms with van der Waals surface area (Å²) in [5.74, 6) is 0.756. The number of amides is 1. The van der Waals surface area contributed by atoms with Crippen LogP contribution >= 0.6 is 15.9 Å². The molecule has 2 N–H and O–H groups in total. The number of nitrogens with zero attached hydrogens (tertiary/aromatic N) is 1. The largest absolute Gasteiger partial charge is 0.364 e. The second-order valence-electron chi connectivity index (χ2n) is 4.99. The summed E-state index contributed by atoms with van der Waals surface area (Å²) in [5, 5.41) is 6.15. The van der Waals surface area contributed by atoms with Crippen LogP contribution in [0.25, 0.3) is 0 Å². The Morgan fingerprint density at radius 3 is 2.76 bits per heavy atom. The van der Waals surface area contributed by atoms with Crippen molar-refractivity contribution < 1.29 is 4.79 Å². The van der Waals surface area contributed by atoms with Crippen LogP contribution in [-0.2, 0) is 4.79 Å². The highest BCUT2D eigenvalue weighted by atomic mass is 79.9. The van der Waals surface area contributed by atoms with E-state index in [4.69, 9.17) is 0 Å². The van der Waals surface area contributed by atoms with Gasteiger partial charge in [0.25, 0.3) is 0 Å². The van der Waals surface area contributed by atoms with Crippen LogP contribution in [0.5, 0.6) is 0 Å². The molecule has 0 aliphatic heterocycles. The van der Waals surface area contributed by atoms with E-state index in [2.05, 4.69) is 38.5 Å². The molecule has 1 unspecified atom stereocenters. The number of carbonyl (C=O) groups is 1. The van der Waals surface area contributed by atoms with Crippen LogP contribution in [0.2, 0.25) is 0 Å². The van der Waals surface area contributed by atoms with Crippen LogP contribution in [-0.4, -0.2) is 10.9 Å². The molecule has 0 aliphatic rings. The Morgan fingerprint density at radius 2 is 2.10 bits per heavy atom. The maximum absolute atomic E-state index is 11.1. The standard InChI is InChI=1S/C16H18BrN3O/c1-10-7-16(18-9-15(10)17)19-11(2)13-5-4-6-14(8-13)20-12(3)21/h4-9,11H,1-3H3,(H,18,19)(H,20,21). The minimum absolute atomic E-state index is 0.0713. The Kier molecular flexibility index (Phi) is 4.96. The van der Waals surface area contributed by atoms with Crippen molar-refractivity contribution in [2.75, 3.05) is 10.6 Å². The van der Waals surface area contributed by atoms with Crippen molar-refractivity contribution in [1.29, 1.82) is 0 Å². The normalized spacial score (nSPS) is 11.8. The Bertz CT molecular complexity index is 658. The molecule has 1 aromatic carbocycles. The van der Waals surface area contributed by atoms with Gasteiger partial charge in [-0.05, 0) is 59.1 Å². The zero-order valence-electron chi connectivity index (χ0n) is 12.3. The Labute approximate surface area is 133 Å². The van der Waals surface area contributed by atoms with Crippen LogP contribution in [0.1, 0.15) is 31.0 Å². The molecule has 5 heteroatoms. The quantitative estimate of drug-likeness (QED) is 0.867. The Hall–Kier alpha value is -1.88. The zero-order valence-corrected chi connectivity index (χ0v) is 13.9. The Morgan fingerprint density at radius 1 is 1.33 bits per heavy atom.